The van der Waals surface area contributed by atoms with Crippen LogP contribution in [0.25, 0.3) is 0 Å². The van der Waals surface area contributed by atoms with E-state index < -0.39 is 0 Å². The first-order chi connectivity index (χ1) is 8.03. The molecule has 1 atom stereocenters. The van der Waals surface area contributed by atoms with Gasteiger partial charge < -0.3 is 5.73 Å². The summed E-state index contributed by atoms with van der Waals surface area (Å²) in [7, 11) is 0. The average molecular weight is 254 g/mol. The van der Waals surface area contributed by atoms with Gasteiger partial charge in [-0.15, -0.1) is 11.3 Å². The van der Waals surface area contributed by atoms with Gasteiger partial charge in [0, 0.05) is 29.5 Å². The molecular formula is C14H26N2S. The van der Waals surface area contributed by atoms with Crippen molar-refractivity contribution >= 4 is 11.3 Å². The molecule has 2 N–H and O–H groups in total. The first-order valence-corrected chi connectivity index (χ1v) is 7.40. The SMILES string of the molecule is CCCC(C)(CN)N(Cc1cccs1)C(C)C. The summed E-state index contributed by atoms with van der Waals surface area (Å²) in [6.07, 6.45) is 2.34. The molecule has 0 fully saturated rings. The molecule has 0 aromatic carbocycles. The van der Waals surface area contributed by atoms with Crippen LogP contribution in [0.4, 0.5) is 0 Å². The molecule has 0 aliphatic carbocycles. The quantitative estimate of drug-likeness (QED) is 0.807. The summed E-state index contributed by atoms with van der Waals surface area (Å²) in [4.78, 5) is 3.97. The van der Waals surface area contributed by atoms with Crippen LogP contribution in [0.1, 0.15) is 45.4 Å². The van der Waals surface area contributed by atoms with E-state index in [0.717, 1.165) is 19.5 Å². The number of nitrogens with two attached hydrogens (primary N) is 1. The van der Waals surface area contributed by atoms with Gasteiger partial charge in [-0.25, -0.2) is 0 Å². The molecule has 0 aliphatic rings. The number of hydrogen-bond acceptors (Lipinski definition) is 3. The zero-order valence-electron chi connectivity index (χ0n) is 11.6. The van der Waals surface area contributed by atoms with E-state index in [-0.39, 0.29) is 5.54 Å². The van der Waals surface area contributed by atoms with Crippen LogP contribution in [0.5, 0.6) is 0 Å². The Kier molecular flexibility index (Phi) is 5.63. The number of nitrogens with zero attached hydrogens (tertiary/aromatic N) is 1. The molecule has 1 aromatic rings. The third kappa shape index (κ3) is 3.80. The topological polar surface area (TPSA) is 29.3 Å². The molecule has 1 heterocycles. The van der Waals surface area contributed by atoms with E-state index in [2.05, 4.69) is 50.1 Å². The average Bonchev–Trinajstić information content (AvgIpc) is 2.78. The molecule has 0 saturated carbocycles. The summed E-state index contributed by atoms with van der Waals surface area (Å²) in [6.45, 7) is 10.8. The van der Waals surface area contributed by atoms with Crippen molar-refractivity contribution in [1.29, 1.82) is 0 Å². The van der Waals surface area contributed by atoms with Gasteiger partial charge >= 0.3 is 0 Å². The Morgan fingerprint density at radius 2 is 2.18 bits per heavy atom. The van der Waals surface area contributed by atoms with Gasteiger partial charge in [0.25, 0.3) is 0 Å². The Morgan fingerprint density at radius 1 is 1.47 bits per heavy atom. The maximum absolute atomic E-state index is 6.02. The van der Waals surface area contributed by atoms with E-state index in [9.17, 15) is 0 Å². The van der Waals surface area contributed by atoms with Crippen LogP contribution >= 0.6 is 11.3 Å². The third-order valence-corrected chi connectivity index (χ3v) is 4.31. The Hall–Kier alpha value is -0.380. The molecule has 1 unspecified atom stereocenters. The molecule has 0 amide bonds. The van der Waals surface area contributed by atoms with E-state index in [1.54, 1.807) is 0 Å². The Morgan fingerprint density at radius 3 is 2.59 bits per heavy atom. The monoisotopic (exact) mass is 254 g/mol. The van der Waals surface area contributed by atoms with Crippen molar-refractivity contribution in [2.45, 2.75) is 58.7 Å². The minimum absolute atomic E-state index is 0.118. The highest BCUT2D eigenvalue weighted by Crippen LogP contribution is 2.26. The maximum Gasteiger partial charge on any atom is 0.0336 e. The second-order valence-corrected chi connectivity index (χ2v) is 6.28. The Labute approximate surface area is 110 Å². The zero-order chi connectivity index (χ0) is 12.9. The van der Waals surface area contributed by atoms with Gasteiger partial charge in [0.15, 0.2) is 0 Å². The molecule has 2 nitrogen and oxygen atoms in total. The van der Waals surface area contributed by atoms with Gasteiger partial charge in [0.05, 0.1) is 0 Å². The number of hydrogen-bond donors (Lipinski definition) is 1. The van der Waals surface area contributed by atoms with Gasteiger partial charge in [-0.1, -0.05) is 19.4 Å². The summed E-state index contributed by atoms with van der Waals surface area (Å²) in [5.41, 5.74) is 6.14. The highest BCUT2D eigenvalue weighted by atomic mass is 32.1. The lowest BCUT2D eigenvalue weighted by Crippen LogP contribution is -2.53. The summed E-state index contributed by atoms with van der Waals surface area (Å²) >= 11 is 1.83. The van der Waals surface area contributed by atoms with E-state index in [4.69, 9.17) is 5.73 Å². The lowest BCUT2D eigenvalue weighted by Gasteiger charge is -2.43. The van der Waals surface area contributed by atoms with Gasteiger partial charge in [-0.2, -0.15) is 0 Å². The molecule has 3 heteroatoms. The fourth-order valence-corrected chi connectivity index (χ4v) is 3.17. The molecule has 0 spiro atoms. The van der Waals surface area contributed by atoms with Crippen LogP contribution in [0, 0.1) is 0 Å². The predicted molar refractivity (Wildman–Crippen MR) is 77.4 cm³/mol. The number of rotatable bonds is 7. The van der Waals surface area contributed by atoms with Crippen molar-refractivity contribution in [3.8, 4) is 0 Å². The Bertz CT molecular complexity index is 308. The molecular weight excluding hydrogens is 228 g/mol. The maximum atomic E-state index is 6.02. The van der Waals surface area contributed by atoms with E-state index >= 15 is 0 Å². The molecule has 1 aromatic heterocycles. The van der Waals surface area contributed by atoms with Crippen molar-refractivity contribution < 1.29 is 0 Å². The van der Waals surface area contributed by atoms with Crippen molar-refractivity contribution in [3.05, 3.63) is 22.4 Å². The van der Waals surface area contributed by atoms with Crippen LogP contribution in [0.2, 0.25) is 0 Å². The normalized spacial score (nSPS) is 15.5. The van der Waals surface area contributed by atoms with Crippen LogP contribution in [0.15, 0.2) is 17.5 Å². The molecule has 17 heavy (non-hydrogen) atoms. The van der Waals surface area contributed by atoms with Crippen LogP contribution in [0.3, 0.4) is 0 Å². The summed E-state index contributed by atoms with van der Waals surface area (Å²) in [5, 5.41) is 2.15. The van der Waals surface area contributed by atoms with Crippen LogP contribution in [-0.4, -0.2) is 23.0 Å². The minimum Gasteiger partial charge on any atom is -0.329 e. The van der Waals surface area contributed by atoms with Crippen molar-refractivity contribution in [2.24, 2.45) is 5.73 Å². The second-order valence-electron chi connectivity index (χ2n) is 5.25. The second kappa shape index (κ2) is 6.53. The largest absolute Gasteiger partial charge is 0.329 e. The van der Waals surface area contributed by atoms with E-state index in [0.29, 0.717) is 6.04 Å². The van der Waals surface area contributed by atoms with Gasteiger partial charge in [-0.3, -0.25) is 4.90 Å². The summed E-state index contributed by atoms with van der Waals surface area (Å²) in [6, 6.07) is 4.86. The molecule has 0 saturated heterocycles. The van der Waals surface area contributed by atoms with Gasteiger partial charge in [0.2, 0.25) is 0 Å². The van der Waals surface area contributed by atoms with Crippen LogP contribution < -0.4 is 5.73 Å². The summed E-state index contributed by atoms with van der Waals surface area (Å²) < 4.78 is 0. The third-order valence-electron chi connectivity index (χ3n) is 3.45. The zero-order valence-corrected chi connectivity index (χ0v) is 12.4. The van der Waals surface area contributed by atoms with E-state index in [1.165, 1.54) is 11.3 Å². The fraction of sp³-hybridized carbons (Fsp3) is 0.714. The first kappa shape index (κ1) is 14.7. The van der Waals surface area contributed by atoms with Crippen LogP contribution in [-0.2, 0) is 6.54 Å². The van der Waals surface area contributed by atoms with Gasteiger partial charge in [0.1, 0.15) is 0 Å². The molecule has 1 rings (SSSR count). The summed E-state index contributed by atoms with van der Waals surface area (Å²) in [5.74, 6) is 0. The minimum atomic E-state index is 0.118. The highest BCUT2D eigenvalue weighted by molar-refractivity contribution is 7.09. The lowest BCUT2D eigenvalue weighted by molar-refractivity contribution is 0.0603. The van der Waals surface area contributed by atoms with Crippen molar-refractivity contribution in [2.75, 3.05) is 6.54 Å². The molecule has 98 valence electrons. The molecule has 0 radical (unpaired) electrons. The Balaban J connectivity index is 2.83. The predicted octanol–water partition coefficient (Wildman–Crippen LogP) is 3.48. The van der Waals surface area contributed by atoms with Gasteiger partial charge in [-0.05, 0) is 38.6 Å². The number of thiophene rings is 1. The lowest BCUT2D eigenvalue weighted by atomic mass is 9.92. The molecule has 0 bridgehead atoms. The molecule has 0 aliphatic heterocycles. The van der Waals surface area contributed by atoms with E-state index in [1.807, 2.05) is 11.3 Å². The smallest absolute Gasteiger partial charge is 0.0336 e. The standard InChI is InChI=1S/C14H26N2S/c1-5-8-14(4,11-15)16(12(2)3)10-13-7-6-9-17-13/h6-7,9,12H,5,8,10-11,15H2,1-4H3. The fourth-order valence-electron chi connectivity index (χ4n) is 2.47. The van der Waals surface area contributed by atoms with Crippen molar-refractivity contribution in [1.82, 2.24) is 4.90 Å². The highest BCUT2D eigenvalue weighted by Gasteiger charge is 2.31. The van der Waals surface area contributed by atoms with Crippen molar-refractivity contribution in [3.63, 3.8) is 0 Å². The first-order valence-electron chi connectivity index (χ1n) is 6.52.